The first-order valence-electron chi connectivity index (χ1n) is 5.77. The van der Waals surface area contributed by atoms with Gasteiger partial charge in [-0.15, -0.1) is 0 Å². The van der Waals surface area contributed by atoms with Crippen molar-refractivity contribution in [1.82, 2.24) is 10.6 Å². The Morgan fingerprint density at radius 1 is 1.31 bits per heavy atom. The lowest BCUT2D eigenvalue weighted by atomic mass is 10.0. The van der Waals surface area contributed by atoms with E-state index in [2.05, 4.69) is 17.7 Å². The van der Waals surface area contributed by atoms with E-state index in [9.17, 15) is 0 Å². The standard InChI is InChI=1S/C11H22N2/c1-12-11(6-7-11)9-10-5-3-2-4-8-13-10/h10,12-13H,2-9H2,1H3. The number of nitrogens with one attached hydrogen (secondary N) is 2. The summed E-state index contributed by atoms with van der Waals surface area (Å²) in [5.74, 6) is 0. The second kappa shape index (κ2) is 3.97. The molecule has 1 atom stereocenters. The number of hydrogen-bond acceptors (Lipinski definition) is 2. The van der Waals surface area contributed by atoms with Crippen molar-refractivity contribution in [3.05, 3.63) is 0 Å². The molecule has 1 aliphatic carbocycles. The average molecular weight is 182 g/mol. The number of hydrogen-bond donors (Lipinski definition) is 2. The molecule has 13 heavy (non-hydrogen) atoms. The SMILES string of the molecule is CNC1(CC2CCCCCN2)CC1. The third-order valence-corrected chi connectivity index (χ3v) is 3.68. The van der Waals surface area contributed by atoms with Crippen molar-refractivity contribution in [3.63, 3.8) is 0 Å². The molecule has 0 bridgehead atoms. The van der Waals surface area contributed by atoms with E-state index in [1.807, 2.05) is 0 Å². The summed E-state index contributed by atoms with van der Waals surface area (Å²) in [6.07, 6.45) is 9.76. The third kappa shape index (κ3) is 2.44. The summed E-state index contributed by atoms with van der Waals surface area (Å²) in [6, 6.07) is 0.789. The van der Waals surface area contributed by atoms with Crippen molar-refractivity contribution in [2.75, 3.05) is 13.6 Å². The Hall–Kier alpha value is -0.0800. The van der Waals surface area contributed by atoms with Crippen LogP contribution in [-0.2, 0) is 0 Å². The van der Waals surface area contributed by atoms with E-state index < -0.39 is 0 Å². The van der Waals surface area contributed by atoms with Crippen molar-refractivity contribution in [2.24, 2.45) is 0 Å². The zero-order chi connectivity index (χ0) is 9.15. The van der Waals surface area contributed by atoms with Gasteiger partial charge in [-0.25, -0.2) is 0 Å². The fraction of sp³-hybridized carbons (Fsp3) is 1.00. The molecule has 2 N–H and O–H groups in total. The van der Waals surface area contributed by atoms with Crippen molar-refractivity contribution in [2.45, 2.75) is 56.5 Å². The molecule has 1 unspecified atom stereocenters. The zero-order valence-corrected chi connectivity index (χ0v) is 8.73. The molecule has 76 valence electrons. The Morgan fingerprint density at radius 3 is 2.85 bits per heavy atom. The third-order valence-electron chi connectivity index (χ3n) is 3.68. The van der Waals surface area contributed by atoms with Crippen molar-refractivity contribution in [1.29, 1.82) is 0 Å². The van der Waals surface area contributed by atoms with Crippen molar-refractivity contribution < 1.29 is 0 Å². The molecule has 0 aromatic heterocycles. The highest BCUT2D eigenvalue weighted by atomic mass is 15.0. The van der Waals surface area contributed by atoms with E-state index in [0.717, 1.165) is 6.04 Å². The van der Waals surface area contributed by atoms with Crippen LogP contribution in [0.5, 0.6) is 0 Å². The van der Waals surface area contributed by atoms with Crippen LogP contribution in [0.2, 0.25) is 0 Å². The molecule has 2 aliphatic rings. The molecule has 0 aromatic carbocycles. The molecule has 1 heterocycles. The lowest BCUT2D eigenvalue weighted by Gasteiger charge is -2.22. The highest BCUT2D eigenvalue weighted by molar-refractivity contribution is 5.03. The van der Waals surface area contributed by atoms with Gasteiger partial charge in [-0.2, -0.15) is 0 Å². The Bertz CT molecular complexity index is 155. The van der Waals surface area contributed by atoms with Crippen molar-refractivity contribution >= 4 is 0 Å². The predicted molar refractivity (Wildman–Crippen MR) is 55.9 cm³/mol. The van der Waals surface area contributed by atoms with Gasteiger partial charge in [0.15, 0.2) is 0 Å². The molecule has 2 heteroatoms. The molecule has 1 aliphatic heterocycles. The number of rotatable bonds is 3. The van der Waals surface area contributed by atoms with Gasteiger partial charge in [0, 0.05) is 11.6 Å². The van der Waals surface area contributed by atoms with Crippen molar-refractivity contribution in [3.8, 4) is 0 Å². The Labute approximate surface area is 81.5 Å². The summed E-state index contributed by atoms with van der Waals surface area (Å²) in [7, 11) is 2.11. The summed E-state index contributed by atoms with van der Waals surface area (Å²) >= 11 is 0. The van der Waals surface area contributed by atoms with Gasteiger partial charge in [-0.1, -0.05) is 12.8 Å². The summed E-state index contributed by atoms with van der Waals surface area (Å²) in [4.78, 5) is 0. The molecule has 2 nitrogen and oxygen atoms in total. The quantitative estimate of drug-likeness (QED) is 0.693. The fourth-order valence-corrected chi connectivity index (χ4v) is 2.45. The summed E-state index contributed by atoms with van der Waals surface area (Å²) in [6.45, 7) is 1.24. The Balaban J connectivity index is 1.79. The largest absolute Gasteiger partial charge is 0.314 e. The van der Waals surface area contributed by atoms with Crippen LogP contribution in [0, 0.1) is 0 Å². The molecule has 0 radical (unpaired) electrons. The second-order valence-electron chi connectivity index (χ2n) is 4.73. The topological polar surface area (TPSA) is 24.1 Å². The summed E-state index contributed by atoms with van der Waals surface area (Å²) in [5, 5.41) is 7.15. The van der Waals surface area contributed by atoms with Crippen LogP contribution in [0.4, 0.5) is 0 Å². The zero-order valence-electron chi connectivity index (χ0n) is 8.73. The van der Waals surface area contributed by atoms with Gasteiger partial charge in [0.25, 0.3) is 0 Å². The molecule has 1 saturated heterocycles. The van der Waals surface area contributed by atoms with E-state index >= 15 is 0 Å². The van der Waals surface area contributed by atoms with Gasteiger partial charge in [0.2, 0.25) is 0 Å². The summed E-state index contributed by atoms with van der Waals surface area (Å²) < 4.78 is 0. The molecule has 2 fully saturated rings. The first kappa shape index (κ1) is 9.47. The molecular weight excluding hydrogens is 160 g/mol. The normalized spacial score (nSPS) is 32.5. The lowest BCUT2D eigenvalue weighted by molar-refractivity contribution is 0.390. The molecule has 0 spiro atoms. The monoisotopic (exact) mass is 182 g/mol. The molecule has 0 amide bonds. The smallest absolute Gasteiger partial charge is 0.0194 e. The fourth-order valence-electron chi connectivity index (χ4n) is 2.45. The lowest BCUT2D eigenvalue weighted by Crippen LogP contribution is -2.38. The van der Waals surface area contributed by atoms with Crippen LogP contribution in [0.25, 0.3) is 0 Å². The van der Waals surface area contributed by atoms with E-state index in [1.165, 1.54) is 51.5 Å². The van der Waals surface area contributed by atoms with Crippen LogP contribution in [0.15, 0.2) is 0 Å². The maximum absolute atomic E-state index is 3.67. The van der Waals surface area contributed by atoms with Gasteiger partial charge < -0.3 is 10.6 Å². The van der Waals surface area contributed by atoms with Gasteiger partial charge in [0.05, 0.1) is 0 Å². The first-order valence-corrected chi connectivity index (χ1v) is 5.77. The first-order chi connectivity index (χ1) is 6.35. The van der Waals surface area contributed by atoms with E-state index in [4.69, 9.17) is 0 Å². The van der Waals surface area contributed by atoms with E-state index in [0.29, 0.717) is 5.54 Å². The van der Waals surface area contributed by atoms with Crippen LogP contribution in [0.1, 0.15) is 44.9 Å². The minimum Gasteiger partial charge on any atom is -0.314 e. The van der Waals surface area contributed by atoms with Crippen LogP contribution >= 0.6 is 0 Å². The minimum absolute atomic E-state index is 0.530. The average Bonchev–Trinajstić information content (AvgIpc) is 2.92. The van der Waals surface area contributed by atoms with Gasteiger partial charge >= 0.3 is 0 Å². The summed E-state index contributed by atoms with van der Waals surface area (Å²) in [5.41, 5.74) is 0.530. The van der Waals surface area contributed by atoms with E-state index in [1.54, 1.807) is 0 Å². The highest BCUT2D eigenvalue weighted by Gasteiger charge is 2.42. The Kier molecular flexibility index (Phi) is 2.89. The van der Waals surface area contributed by atoms with Crippen LogP contribution in [0.3, 0.4) is 0 Å². The van der Waals surface area contributed by atoms with Crippen LogP contribution < -0.4 is 10.6 Å². The molecule has 2 rings (SSSR count). The Morgan fingerprint density at radius 2 is 2.15 bits per heavy atom. The highest BCUT2D eigenvalue weighted by Crippen LogP contribution is 2.39. The van der Waals surface area contributed by atoms with Gasteiger partial charge in [-0.3, -0.25) is 0 Å². The molecule has 0 aromatic rings. The van der Waals surface area contributed by atoms with Crippen LogP contribution in [-0.4, -0.2) is 25.2 Å². The predicted octanol–water partition coefficient (Wildman–Crippen LogP) is 1.66. The second-order valence-corrected chi connectivity index (χ2v) is 4.73. The maximum Gasteiger partial charge on any atom is 0.0194 e. The maximum atomic E-state index is 3.67. The van der Waals surface area contributed by atoms with Gasteiger partial charge in [-0.05, 0) is 45.7 Å². The van der Waals surface area contributed by atoms with Gasteiger partial charge in [0.1, 0.15) is 0 Å². The minimum atomic E-state index is 0.530. The molecular formula is C11H22N2. The molecule has 1 saturated carbocycles. The van der Waals surface area contributed by atoms with E-state index in [-0.39, 0.29) is 0 Å².